The number of nitrogens with two attached hydrogens (primary N) is 2. The summed E-state index contributed by atoms with van der Waals surface area (Å²) in [4.78, 5) is 158. The predicted octanol–water partition coefficient (Wildman–Crippen LogP) is 1.04. The molecule has 2 fully saturated rings. The van der Waals surface area contributed by atoms with Crippen LogP contribution in [0.4, 0.5) is 0 Å². The molecule has 0 spiro atoms. The van der Waals surface area contributed by atoms with Gasteiger partial charge in [-0.15, -0.1) is 0 Å². The van der Waals surface area contributed by atoms with E-state index in [9.17, 15) is 57.8 Å². The van der Waals surface area contributed by atoms with E-state index in [-0.39, 0.29) is 56.9 Å². The van der Waals surface area contributed by atoms with Crippen molar-refractivity contribution in [2.24, 2.45) is 41.1 Å². The second-order valence-electron chi connectivity index (χ2n) is 22.9. The highest BCUT2D eigenvalue weighted by Crippen LogP contribution is 2.26. The number of aliphatic hydroxyl groups is 1. The first-order valence-electron chi connectivity index (χ1n) is 28.2. The molecule has 2 aliphatic heterocycles. The summed E-state index contributed by atoms with van der Waals surface area (Å²) in [5, 5.41) is 22.5. The Morgan fingerprint density at radius 1 is 0.889 bits per heavy atom. The number of cyclic esters (lactones) is 2. The van der Waals surface area contributed by atoms with E-state index in [1.54, 1.807) is 65.8 Å². The zero-order valence-corrected chi connectivity index (χ0v) is 49.8. The summed E-state index contributed by atoms with van der Waals surface area (Å²) in [5.74, 6) is -11.5. The molecule has 0 bridgehead atoms. The molecule has 0 unspecified atom stereocenters. The fraction of sp³-hybridized carbons (Fsp3) is 0.702. The molecule has 0 aromatic heterocycles. The van der Waals surface area contributed by atoms with Crippen LogP contribution < -0.4 is 37.5 Å². The van der Waals surface area contributed by atoms with Crippen LogP contribution in [0.15, 0.2) is 24.3 Å². The Morgan fingerprint density at radius 2 is 1.52 bits per heavy atom. The number of Topliss-reactive ketones (excluding diaryl/α,β-unsaturated/α-hetero) is 1. The summed E-state index contributed by atoms with van der Waals surface area (Å²) >= 11 is 0. The largest absolute Gasteiger partial charge is 0.497 e. The van der Waals surface area contributed by atoms with Crippen molar-refractivity contribution < 1.29 is 72.1 Å². The molecule has 24 nitrogen and oxygen atoms in total. The van der Waals surface area contributed by atoms with Crippen LogP contribution in [0.3, 0.4) is 0 Å². The van der Waals surface area contributed by atoms with Crippen LogP contribution in [0, 0.1) is 29.6 Å². The van der Waals surface area contributed by atoms with Gasteiger partial charge in [-0.1, -0.05) is 73.9 Å². The van der Waals surface area contributed by atoms with E-state index in [0.29, 0.717) is 24.2 Å². The summed E-state index contributed by atoms with van der Waals surface area (Å²) in [6.45, 7) is 18.1. The third kappa shape index (κ3) is 19.5. The number of ketones is 1. The fourth-order valence-corrected chi connectivity index (χ4v) is 9.87. The van der Waals surface area contributed by atoms with E-state index in [2.05, 4.69) is 21.3 Å². The molecule has 0 radical (unpaired) electrons. The number of rotatable bonds is 19. The van der Waals surface area contributed by atoms with Crippen molar-refractivity contribution in [3.8, 4) is 5.75 Å². The molecule has 1 aromatic rings. The molecule has 2 heterocycles. The van der Waals surface area contributed by atoms with Gasteiger partial charge in [0.25, 0.3) is 0 Å². The molecular weight excluding hydrogens is 1050 g/mol. The minimum Gasteiger partial charge on any atom is -0.497 e. The molecule has 2 saturated heterocycles. The highest BCUT2D eigenvalue weighted by atomic mass is 16.6. The van der Waals surface area contributed by atoms with Gasteiger partial charge in [0, 0.05) is 33.5 Å². The number of aliphatic hydroxyl groups excluding tert-OH is 1. The summed E-state index contributed by atoms with van der Waals surface area (Å²) in [7, 11) is 4.19. The van der Waals surface area contributed by atoms with Gasteiger partial charge in [-0.05, 0) is 94.2 Å². The molecule has 9 N–H and O–H groups in total. The van der Waals surface area contributed by atoms with Crippen LogP contribution in [-0.4, -0.2) is 179 Å². The molecule has 1 aromatic carbocycles. The summed E-state index contributed by atoms with van der Waals surface area (Å²) in [6, 6.07) is -3.86. The fourth-order valence-electron chi connectivity index (χ4n) is 9.87. The molecule has 2 aliphatic rings. The summed E-state index contributed by atoms with van der Waals surface area (Å²) < 4.78 is 17.2. The molecular formula is C57H91N9O15. The van der Waals surface area contributed by atoms with Crippen LogP contribution in [0.5, 0.6) is 5.75 Å². The van der Waals surface area contributed by atoms with E-state index in [1.165, 1.54) is 46.9 Å². The lowest BCUT2D eigenvalue weighted by atomic mass is 9.91. The molecule has 81 heavy (non-hydrogen) atoms. The highest BCUT2D eigenvalue weighted by Gasteiger charge is 2.45. The number of amides is 8. The Bertz CT molecular complexity index is 2380. The quantitative estimate of drug-likeness (QED) is 0.0752. The maximum absolute atomic E-state index is 15.0. The Labute approximate surface area is 476 Å². The van der Waals surface area contributed by atoms with Gasteiger partial charge in [-0.3, -0.25) is 47.9 Å². The number of carbonyl (C=O) groups excluding carboxylic acids is 11. The maximum Gasteiger partial charge on any atom is 0.329 e. The average molecular weight is 1140 g/mol. The predicted molar refractivity (Wildman–Crippen MR) is 298 cm³/mol. The van der Waals surface area contributed by atoms with Crippen molar-refractivity contribution in [3.05, 3.63) is 29.8 Å². The number of primary amides is 1. The van der Waals surface area contributed by atoms with Crippen LogP contribution in [0.25, 0.3) is 0 Å². The minimum atomic E-state index is -1.80. The van der Waals surface area contributed by atoms with Crippen molar-refractivity contribution in [1.29, 1.82) is 0 Å². The van der Waals surface area contributed by atoms with E-state index in [0.717, 1.165) is 9.80 Å². The lowest BCUT2D eigenvalue weighted by Gasteiger charge is -2.36. The number of hydrogen-bond acceptors (Lipinski definition) is 16. The lowest BCUT2D eigenvalue weighted by molar-refractivity contribution is -0.163. The molecule has 0 saturated carbocycles. The van der Waals surface area contributed by atoms with Gasteiger partial charge >= 0.3 is 11.9 Å². The van der Waals surface area contributed by atoms with Gasteiger partial charge in [0.2, 0.25) is 47.3 Å². The molecule has 0 aliphatic carbocycles. The maximum atomic E-state index is 15.0. The van der Waals surface area contributed by atoms with Gasteiger partial charge in [0.05, 0.1) is 37.6 Å². The average Bonchev–Trinajstić information content (AvgIpc) is 4.00. The number of methoxy groups -OCH3 is 1. The lowest BCUT2D eigenvalue weighted by Crippen LogP contribution is -2.62. The Balaban J connectivity index is 2.26. The van der Waals surface area contributed by atoms with Crippen molar-refractivity contribution in [2.75, 3.05) is 27.7 Å². The van der Waals surface area contributed by atoms with Crippen molar-refractivity contribution in [3.63, 3.8) is 0 Å². The number of fused-ring (bicyclic) bond motifs is 1. The topological polar surface area (TPSA) is 346 Å². The number of ether oxygens (including phenoxy) is 3. The zero-order chi connectivity index (χ0) is 61.3. The highest BCUT2D eigenvalue weighted by molar-refractivity contribution is 6.05. The summed E-state index contributed by atoms with van der Waals surface area (Å²) in [5.41, 5.74) is 11.7. The Kier molecular flexibility index (Phi) is 26.7. The SMILES string of the molecule is CC[C@H](C)[C@H]1NC(=O)[C@@H](NC(=O)[C@@H](CC(C)C)N(C)C(=O)[C@H](C)NC(=O)[C@@H](N)CCC(N)=O)[C@H](C)OC(=O)[C@H](Cc2ccc(OC)cc2)N(C)C(=O)[C@@H]2CCCN2C(=O)[C@@H](CC(C)C)NC(=O)[C@@H](C)C(=O)[C@@H](C(C)C)OC(=O)C[C@H]1O. The number of benzene rings is 1. The van der Waals surface area contributed by atoms with Crippen molar-refractivity contribution in [2.45, 2.75) is 201 Å². The smallest absolute Gasteiger partial charge is 0.329 e. The first-order chi connectivity index (χ1) is 37.8. The second kappa shape index (κ2) is 31.5. The Morgan fingerprint density at radius 3 is 2.07 bits per heavy atom. The third-order valence-electron chi connectivity index (χ3n) is 15.1. The second-order valence-corrected chi connectivity index (χ2v) is 22.9. The molecule has 24 heteroatoms. The van der Waals surface area contributed by atoms with Gasteiger partial charge in [-0.2, -0.15) is 0 Å². The Hall–Kier alpha value is -6.69. The molecule has 3 rings (SSSR count). The number of nitrogens with zero attached hydrogens (tertiary/aromatic N) is 3. The first kappa shape index (κ1) is 68.6. The van der Waals surface area contributed by atoms with E-state index in [4.69, 9.17) is 25.7 Å². The van der Waals surface area contributed by atoms with E-state index in [1.807, 2.05) is 13.8 Å². The number of esters is 2. The van der Waals surface area contributed by atoms with Gasteiger partial charge in [0.1, 0.15) is 48.1 Å². The van der Waals surface area contributed by atoms with E-state index < -0.39 is 156 Å². The zero-order valence-electron chi connectivity index (χ0n) is 49.8. The van der Waals surface area contributed by atoms with Gasteiger partial charge in [-0.25, -0.2) is 4.79 Å². The van der Waals surface area contributed by atoms with E-state index >= 15 is 0 Å². The van der Waals surface area contributed by atoms with Crippen LogP contribution in [0.1, 0.15) is 133 Å². The monoisotopic (exact) mass is 1140 g/mol. The number of hydrogen-bond donors (Lipinski definition) is 7. The van der Waals surface area contributed by atoms with Crippen LogP contribution in [-0.2, 0) is 68.6 Å². The van der Waals surface area contributed by atoms with Crippen molar-refractivity contribution >= 4 is 65.0 Å². The first-order valence-corrected chi connectivity index (χ1v) is 28.2. The normalized spacial score (nSPS) is 25.7. The van der Waals surface area contributed by atoms with Gasteiger partial charge < -0.3 is 66.8 Å². The summed E-state index contributed by atoms with van der Waals surface area (Å²) in [6.07, 6.45) is -4.84. The molecule has 8 amide bonds. The molecule has 13 atom stereocenters. The number of likely N-dealkylation sites (N-methyl/N-ethyl adjacent to an activating group) is 2. The van der Waals surface area contributed by atoms with Crippen LogP contribution >= 0.6 is 0 Å². The van der Waals surface area contributed by atoms with Gasteiger partial charge in [0.15, 0.2) is 11.9 Å². The number of nitrogens with one attached hydrogen (secondary N) is 4. The van der Waals surface area contributed by atoms with Crippen LogP contribution in [0.2, 0.25) is 0 Å². The standard InChI is InChI=1S/C57H91N9O15/c1-15-32(8)46-43(67)28-45(69)81-49(31(6)7)48(70)33(9)50(71)61-39(25-29(2)3)55(76)66-24-16-17-40(66)56(77)65(13)42(27-36-18-20-37(79-14)21-19-36)57(78)80-35(11)47(53(74)62-46)63-52(73)41(26-30(4)5)64(12)54(75)34(10)60-51(72)38(58)22-23-44(59)68/h18-21,29-35,38-43,46-47,49,67H,15-17,22-28,58H2,1-14H3,(H2,59,68)(H,60,72)(H,61,71)(H,62,74)(H,63,73)/t32-,33-,34-,35-,38-,39+,40-,41+,42-,43+,46+,47-,49+/m0/s1. The van der Waals surface area contributed by atoms with Crippen molar-refractivity contribution in [1.82, 2.24) is 36.0 Å². The molecule has 454 valence electrons. The minimum absolute atomic E-state index is 0.0182. The third-order valence-corrected chi connectivity index (χ3v) is 15.1. The number of carbonyl (C=O) groups is 11.